The van der Waals surface area contributed by atoms with Gasteiger partial charge in [-0.05, 0) is 30.5 Å². The zero-order valence-electron chi connectivity index (χ0n) is 11.9. The Morgan fingerprint density at radius 2 is 1.75 bits per heavy atom. The summed E-state index contributed by atoms with van der Waals surface area (Å²) in [6.07, 6.45) is 4.49. The Labute approximate surface area is 120 Å². The van der Waals surface area contributed by atoms with E-state index in [-0.39, 0.29) is 6.61 Å². The van der Waals surface area contributed by atoms with E-state index < -0.39 is 0 Å². The van der Waals surface area contributed by atoms with Crippen molar-refractivity contribution in [1.82, 2.24) is 9.88 Å². The molecule has 0 radical (unpaired) electrons. The number of aromatic nitrogens is 1. The molecular formula is C17H22N2O. The summed E-state index contributed by atoms with van der Waals surface area (Å²) in [7, 11) is 0. The summed E-state index contributed by atoms with van der Waals surface area (Å²) in [6.45, 7) is 4.12. The van der Waals surface area contributed by atoms with Gasteiger partial charge < -0.3 is 5.11 Å². The summed E-state index contributed by atoms with van der Waals surface area (Å²) < 4.78 is 0. The first kappa shape index (κ1) is 14.7. The Hall–Kier alpha value is -1.71. The van der Waals surface area contributed by atoms with E-state index in [1.54, 1.807) is 6.20 Å². The first-order valence-electron chi connectivity index (χ1n) is 7.07. The molecule has 0 saturated heterocycles. The highest BCUT2D eigenvalue weighted by molar-refractivity contribution is 5.15. The van der Waals surface area contributed by atoms with Crippen molar-refractivity contribution >= 4 is 0 Å². The van der Waals surface area contributed by atoms with Crippen molar-refractivity contribution in [3.05, 3.63) is 66.0 Å². The Bertz CT molecular complexity index is 445. The van der Waals surface area contributed by atoms with Gasteiger partial charge in [-0.1, -0.05) is 36.4 Å². The van der Waals surface area contributed by atoms with E-state index in [9.17, 15) is 5.11 Å². The molecule has 0 saturated carbocycles. The van der Waals surface area contributed by atoms with Gasteiger partial charge in [0.05, 0.1) is 0 Å². The molecule has 2 aromatic rings. The Morgan fingerprint density at radius 3 is 2.40 bits per heavy atom. The molecule has 3 heteroatoms. The lowest BCUT2D eigenvalue weighted by Gasteiger charge is -2.29. The number of pyridine rings is 1. The minimum atomic E-state index is 0.222. The normalized spacial score (nSPS) is 12.6. The molecule has 0 aliphatic heterocycles. The number of hydrogen-bond acceptors (Lipinski definition) is 3. The van der Waals surface area contributed by atoms with Gasteiger partial charge in [-0.3, -0.25) is 9.88 Å². The standard InChI is InChI=1S/C17H22N2O/c1-15(9-11-20)19(13-16-6-3-2-4-7-16)14-17-8-5-10-18-12-17/h2-8,10,12,15,20H,9,11,13-14H2,1H3. The van der Waals surface area contributed by atoms with Crippen LogP contribution < -0.4 is 0 Å². The molecule has 1 heterocycles. The van der Waals surface area contributed by atoms with Crippen LogP contribution in [0.3, 0.4) is 0 Å². The summed E-state index contributed by atoms with van der Waals surface area (Å²) in [4.78, 5) is 6.55. The zero-order valence-corrected chi connectivity index (χ0v) is 11.9. The molecule has 1 aromatic carbocycles. The van der Waals surface area contributed by atoms with Gasteiger partial charge >= 0.3 is 0 Å². The fourth-order valence-electron chi connectivity index (χ4n) is 2.28. The molecule has 0 aliphatic carbocycles. The molecule has 0 fully saturated rings. The molecule has 1 atom stereocenters. The molecule has 106 valence electrons. The highest BCUT2D eigenvalue weighted by Crippen LogP contribution is 2.14. The topological polar surface area (TPSA) is 36.4 Å². The number of benzene rings is 1. The highest BCUT2D eigenvalue weighted by Gasteiger charge is 2.14. The van der Waals surface area contributed by atoms with Gasteiger partial charge in [0.15, 0.2) is 0 Å². The second kappa shape index (κ2) is 7.78. The van der Waals surface area contributed by atoms with Crippen LogP contribution >= 0.6 is 0 Å². The van der Waals surface area contributed by atoms with Crippen LogP contribution in [0.5, 0.6) is 0 Å². The lowest BCUT2D eigenvalue weighted by atomic mass is 10.1. The van der Waals surface area contributed by atoms with Crippen LogP contribution in [0.4, 0.5) is 0 Å². The molecule has 0 aliphatic rings. The summed E-state index contributed by atoms with van der Waals surface area (Å²) >= 11 is 0. The third-order valence-corrected chi connectivity index (χ3v) is 3.51. The van der Waals surface area contributed by atoms with Crippen LogP contribution in [0.2, 0.25) is 0 Å². The van der Waals surface area contributed by atoms with Gasteiger partial charge in [-0.15, -0.1) is 0 Å². The maximum atomic E-state index is 9.18. The minimum absolute atomic E-state index is 0.222. The van der Waals surface area contributed by atoms with E-state index in [0.29, 0.717) is 6.04 Å². The minimum Gasteiger partial charge on any atom is -0.396 e. The van der Waals surface area contributed by atoms with Gasteiger partial charge in [0.2, 0.25) is 0 Å². The second-order valence-electron chi connectivity index (χ2n) is 5.11. The van der Waals surface area contributed by atoms with Gasteiger partial charge in [0, 0.05) is 38.1 Å². The quantitative estimate of drug-likeness (QED) is 0.840. The smallest absolute Gasteiger partial charge is 0.0445 e. The van der Waals surface area contributed by atoms with Crippen LogP contribution in [-0.4, -0.2) is 27.6 Å². The Morgan fingerprint density at radius 1 is 1.05 bits per heavy atom. The first-order chi connectivity index (χ1) is 9.79. The van der Waals surface area contributed by atoms with E-state index in [2.05, 4.69) is 47.1 Å². The van der Waals surface area contributed by atoms with E-state index >= 15 is 0 Å². The highest BCUT2D eigenvalue weighted by atomic mass is 16.3. The lowest BCUT2D eigenvalue weighted by molar-refractivity contribution is 0.153. The lowest BCUT2D eigenvalue weighted by Crippen LogP contribution is -2.32. The van der Waals surface area contributed by atoms with Crippen molar-refractivity contribution in [2.24, 2.45) is 0 Å². The van der Waals surface area contributed by atoms with Crippen molar-refractivity contribution < 1.29 is 5.11 Å². The molecule has 20 heavy (non-hydrogen) atoms. The van der Waals surface area contributed by atoms with Gasteiger partial charge in [0.1, 0.15) is 0 Å². The SMILES string of the molecule is CC(CCO)N(Cc1ccccc1)Cc1cccnc1. The van der Waals surface area contributed by atoms with Gasteiger partial charge in [-0.25, -0.2) is 0 Å². The molecule has 1 unspecified atom stereocenters. The average Bonchev–Trinajstić information content (AvgIpc) is 2.49. The number of nitrogens with zero attached hydrogens (tertiary/aromatic N) is 2. The number of rotatable bonds is 7. The van der Waals surface area contributed by atoms with Crippen molar-refractivity contribution in [2.45, 2.75) is 32.5 Å². The summed E-state index contributed by atoms with van der Waals surface area (Å²) in [5, 5.41) is 9.18. The van der Waals surface area contributed by atoms with Crippen LogP contribution in [-0.2, 0) is 13.1 Å². The fraction of sp³-hybridized carbons (Fsp3) is 0.353. The van der Waals surface area contributed by atoms with E-state index in [1.807, 2.05) is 18.3 Å². The summed E-state index contributed by atoms with van der Waals surface area (Å²) in [5.74, 6) is 0. The van der Waals surface area contributed by atoms with E-state index in [4.69, 9.17) is 0 Å². The van der Waals surface area contributed by atoms with Gasteiger partial charge in [-0.2, -0.15) is 0 Å². The van der Waals surface area contributed by atoms with Crippen LogP contribution in [0, 0.1) is 0 Å². The largest absolute Gasteiger partial charge is 0.396 e. The third-order valence-electron chi connectivity index (χ3n) is 3.51. The van der Waals surface area contributed by atoms with E-state index in [0.717, 1.165) is 19.5 Å². The number of hydrogen-bond donors (Lipinski definition) is 1. The molecule has 0 bridgehead atoms. The zero-order chi connectivity index (χ0) is 14.2. The number of aliphatic hydroxyl groups is 1. The number of aliphatic hydroxyl groups excluding tert-OH is 1. The predicted octanol–water partition coefficient (Wildman–Crippen LogP) is 2.85. The Kier molecular flexibility index (Phi) is 5.71. The first-order valence-corrected chi connectivity index (χ1v) is 7.07. The monoisotopic (exact) mass is 270 g/mol. The maximum absolute atomic E-state index is 9.18. The molecular weight excluding hydrogens is 248 g/mol. The maximum Gasteiger partial charge on any atom is 0.0445 e. The van der Waals surface area contributed by atoms with Crippen molar-refractivity contribution in [1.29, 1.82) is 0 Å². The molecule has 0 spiro atoms. The Balaban J connectivity index is 2.08. The van der Waals surface area contributed by atoms with Crippen LogP contribution in [0.25, 0.3) is 0 Å². The third kappa shape index (κ3) is 4.44. The molecule has 2 rings (SSSR count). The molecule has 0 amide bonds. The summed E-state index contributed by atoms with van der Waals surface area (Å²) in [6, 6.07) is 14.8. The predicted molar refractivity (Wildman–Crippen MR) is 81.1 cm³/mol. The molecule has 1 N–H and O–H groups in total. The molecule has 1 aromatic heterocycles. The van der Waals surface area contributed by atoms with Gasteiger partial charge in [0.25, 0.3) is 0 Å². The van der Waals surface area contributed by atoms with Crippen LogP contribution in [0.1, 0.15) is 24.5 Å². The average molecular weight is 270 g/mol. The van der Waals surface area contributed by atoms with E-state index in [1.165, 1.54) is 11.1 Å². The van der Waals surface area contributed by atoms with Crippen molar-refractivity contribution in [3.8, 4) is 0 Å². The molecule has 3 nitrogen and oxygen atoms in total. The van der Waals surface area contributed by atoms with Crippen LogP contribution in [0.15, 0.2) is 54.9 Å². The second-order valence-corrected chi connectivity index (χ2v) is 5.11. The fourth-order valence-corrected chi connectivity index (χ4v) is 2.28. The summed E-state index contributed by atoms with van der Waals surface area (Å²) in [5.41, 5.74) is 2.49. The van der Waals surface area contributed by atoms with Crippen molar-refractivity contribution in [3.63, 3.8) is 0 Å². The van der Waals surface area contributed by atoms with Crippen molar-refractivity contribution in [2.75, 3.05) is 6.61 Å².